The molecule has 2 aromatic heterocycles. The smallest absolute Gasteiger partial charge is 0.0995 e. The lowest BCUT2D eigenvalue weighted by Gasteiger charge is -2.33. The van der Waals surface area contributed by atoms with Gasteiger partial charge >= 0.3 is 0 Å². The summed E-state index contributed by atoms with van der Waals surface area (Å²) >= 11 is 0. The van der Waals surface area contributed by atoms with Crippen molar-refractivity contribution in [3.63, 3.8) is 0 Å². The van der Waals surface area contributed by atoms with Gasteiger partial charge in [-0.05, 0) is 84.2 Å². The molecule has 0 amide bonds. The average molecular weight is 397 g/mol. The Bertz CT molecular complexity index is 1190. The number of benzene rings is 2. The zero-order valence-electron chi connectivity index (χ0n) is 17.2. The van der Waals surface area contributed by atoms with Gasteiger partial charge in [0.05, 0.1) is 29.8 Å². The lowest BCUT2D eigenvalue weighted by molar-refractivity contribution is 0.0755. The number of imidazole rings is 1. The number of aliphatic hydroxyl groups excluding tert-OH is 1. The van der Waals surface area contributed by atoms with E-state index < -0.39 is 6.10 Å². The van der Waals surface area contributed by atoms with Gasteiger partial charge < -0.3 is 9.51 Å². The molecule has 152 valence electrons. The van der Waals surface area contributed by atoms with Crippen LogP contribution in [0.2, 0.25) is 0 Å². The lowest BCUT2D eigenvalue weighted by atomic mass is 9.74. The number of hydrogen-bond acceptors (Lipinski definition) is 2. The largest absolute Gasteiger partial charge is 0.387 e. The first-order chi connectivity index (χ1) is 14.8. The maximum atomic E-state index is 11.5. The van der Waals surface area contributed by atoms with Crippen molar-refractivity contribution in [3.05, 3.63) is 83.9 Å². The molecule has 0 radical (unpaired) electrons. The molecule has 0 saturated heterocycles. The highest BCUT2D eigenvalue weighted by Gasteiger charge is 2.34. The van der Waals surface area contributed by atoms with E-state index in [-0.39, 0.29) is 0 Å². The highest BCUT2D eigenvalue weighted by atomic mass is 16.3. The quantitative estimate of drug-likeness (QED) is 0.435. The molecular weight excluding hydrogens is 368 g/mol. The summed E-state index contributed by atoms with van der Waals surface area (Å²) in [5.41, 5.74) is 5.00. The SMILES string of the molecule is O[C@@H](c1c(C2CC2)ccc2cncn12)[C@H]1CC[C@H](c2cccc3ccccc32)CC1. The third kappa shape index (κ3) is 3.04. The van der Waals surface area contributed by atoms with E-state index in [0.29, 0.717) is 17.8 Å². The summed E-state index contributed by atoms with van der Waals surface area (Å²) in [4.78, 5) is 4.34. The maximum absolute atomic E-state index is 11.5. The van der Waals surface area contributed by atoms with Crippen molar-refractivity contribution in [2.45, 2.75) is 56.5 Å². The first-order valence-corrected chi connectivity index (χ1v) is 11.4. The summed E-state index contributed by atoms with van der Waals surface area (Å²) in [5.74, 6) is 1.53. The molecule has 3 heteroatoms. The van der Waals surface area contributed by atoms with Gasteiger partial charge in [-0.1, -0.05) is 48.5 Å². The van der Waals surface area contributed by atoms with Crippen LogP contribution in [0.1, 0.15) is 73.3 Å². The predicted molar refractivity (Wildman–Crippen MR) is 121 cm³/mol. The third-order valence-electron chi connectivity index (χ3n) is 7.43. The molecule has 0 aliphatic heterocycles. The molecule has 4 aromatic rings. The van der Waals surface area contributed by atoms with E-state index in [1.807, 2.05) is 12.5 Å². The summed E-state index contributed by atoms with van der Waals surface area (Å²) in [6.45, 7) is 0. The Labute approximate surface area is 177 Å². The van der Waals surface area contributed by atoms with Crippen molar-refractivity contribution in [2.75, 3.05) is 0 Å². The molecule has 2 aromatic carbocycles. The van der Waals surface area contributed by atoms with Gasteiger partial charge in [-0.2, -0.15) is 0 Å². The van der Waals surface area contributed by atoms with Crippen molar-refractivity contribution in [1.29, 1.82) is 0 Å². The number of pyridine rings is 1. The van der Waals surface area contributed by atoms with Gasteiger partial charge in [0, 0.05) is 0 Å². The fraction of sp³-hybridized carbons (Fsp3) is 0.370. The second kappa shape index (κ2) is 7.24. The lowest BCUT2D eigenvalue weighted by Crippen LogP contribution is -2.22. The van der Waals surface area contributed by atoms with E-state index in [1.165, 1.54) is 34.7 Å². The van der Waals surface area contributed by atoms with Crippen molar-refractivity contribution in [1.82, 2.24) is 9.38 Å². The van der Waals surface area contributed by atoms with Crippen molar-refractivity contribution < 1.29 is 5.11 Å². The van der Waals surface area contributed by atoms with E-state index in [9.17, 15) is 5.11 Å². The Hall–Kier alpha value is -2.65. The Kier molecular flexibility index (Phi) is 4.38. The Morgan fingerprint density at radius 1 is 0.800 bits per heavy atom. The topological polar surface area (TPSA) is 37.5 Å². The van der Waals surface area contributed by atoms with E-state index in [1.54, 1.807) is 0 Å². The summed E-state index contributed by atoms with van der Waals surface area (Å²) in [7, 11) is 0. The van der Waals surface area contributed by atoms with Gasteiger partial charge in [-0.3, -0.25) is 0 Å². The molecule has 30 heavy (non-hydrogen) atoms. The van der Waals surface area contributed by atoms with Crippen LogP contribution < -0.4 is 0 Å². The van der Waals surface area contributed by atoms with Gasteiger partial charge in [0.25, 0.3) is 0 Å². The molecule has 2 aliphatic carbocycles. The molecule has 1 N–H and O–H groups in total. The maximum Gasteiger partial charge on any atom is 0.0995 e. The zero-order chi connectivity index (χ0) is 20.1. The van der Waals surface area contributed by atoms with Crippen LogP contribution in [0.25, 0.3) is 16.3 Å². The molecular formula is C27H28N2O. The predicted octanol–water partition coefficient (Wildman–Crippen LogP) is 6.37. The third-order valence-corrected chi connectivity index (χ3v) is 7.43. The molecule has 0 spiro atoms. The second-order valence-electron chi connectivity index (χ2n) is 9.26. The highest BCUT2D eigenvalue weighted by molar-refractivity contribution is 5.86. The number of hydrogen-bond donors (Lipinski definition) is 1. The van der Waals surface area contributed by atoms with E-state index in [4.69, 9.17) is 0 Å². The molecule has 2 aliphatic rings. The van der Waals surface area contributed by atoms with Crippen LogP contribution >= 0.6 is 0 Å². The minimum Gasteiger partial charge on any atom is -0.387 e. The first kappa shape index (κ1) is 18.1. The Balaban J connectivity index is 1.27. The van der Waals surface area contributed by atoms with Crippen LogP contribution in [0.3, 0.4) is 0 Å². The van der Waals surface area contributed by atoms with Crippen molar-refractivity contribution in [3.8, 4) is 0 Å². The molecule has 2 fully saturated rings. The van der Waals surface area contributed by atoms with Crippen LogP contribution in [0.4, 0.5) is 0 Å². The Morgan fingerprint density at radius 2 is 1.53 bits per heavy atom. The molecule has 3 nitrogen and oxygen atoms in total. The summed E-state index contributed by atoms with van der Waals surface area (Å²) < 4.78 is 2.13. The monoisotopic (exact) mass is 396 g/mol. The van der Waals surface area contributed by atoms with Gasteiger partial charge in [-0.15, -0.1) is 0 Å². The van der Waals surface area contributed by atoms with Crippen LogP contribution in [0.15, 0.2) is 67.1 Å². The van der Waals surface area contributed by atoms with Crippen molar-refractivity contribution >= 4 is 16.3 Å². The van der Waals surface area contributed by atoms with Crippen LogP contribution in [0, 0.1) is 5.92 Å². The molecule has 0 bridgehead atoms. The highest BCUT2D eigenvalue weighted by Crippen LogP contribution is 2.47. The van der Waals surface area contributed by atoms with Crippen LogP contribution in [-0.2, 0) is 0 Å². The molecule has 6 rings (SSSR count). The summed E-state index contributed by atoms with van der Waals surface area (Å²) in [6.07, 6.45) is 10.3. The average Bonchev–Trinajstić information content (AvgIpc) is 3.54. The standard InChI is InChI=1S/C27H28N2O/c30-27(26-25(20-8-9-20)15-14-22-16-28-17-29(22)26)21-12-10-19(11-13-21)24-7-3-5-18-4-1-2-6-23(18)24/h1-7,14-17,19-21,27,30H,8-13H2/t19-,21-,27-/m1/s1. The number of rotatable bonds is 4. The van der Waals surface area contributed by atoms with Gasteiger partial charge in [0.15, 0.2) is 0 Å². The number of fused-ring (bicyclic) bond motifs is 2. The fourth-order valence-corrected chi connectivity index (χ4v) is 5.66. The van der Waals surface area contributed by atoms with Crippen LogP contribution in [0.5, 0.6) is 0 Å². The normalized spacial score (nSPS) is 23.1. The van der Waals surface area contributed by atoms with Gasteiger partial charge in [-0.25, -0.2) is 4.98 Å². The number of nitrogens with zero attached hydrogens (tertiary/aromatic N) is 2. The fourth-order valence-electron chi connectivity index (χ4n) is 5.66. The molecule has 0 unspecified atom stereocenters. The number of aromatic nitrogens is 2. The molecule has 2 heterocycles. The zero-order valence-corrected chi connectivity index (χ0v) is 17.2. The van der Waals surface area contributed by atoms with Crippen molar-refractivity contribution in [2.24, 2.45) is 5.92 Å². The second-order valence-corrected chi connectivity index (χ2v) is 9.26. The minimum absolute atomic E-state index is 0.321. The minimum atomic E-state index is -0.410. The van der Waals surface area contributed by atoms with E-state index in [2.05, 4.69) is 64.0 Å². The van der Waals surface area contributed by atoms with Gasteiger partial charge in [0.2, 0.25) is 0 Å². The Morgan fingerprint density at radius 3 is 2.37 bits per heavy atom. The van der Waals surface area contributed by atoms with E-state index >= 15 is 0 Å². The number of aliphatic hydroxyl groups is 1. The van der Waals surface area contributed by atoms with Crippen LogP contribution in [-0.4, -0.2) is 14.5 Å². The summed E-state index contributed by atoms with van der Waals surface area (Å²) in [6, 6.07) is 19.8. The first-order valence-electron chi connectivity index (χ1n) is 11.4. The molecule has 2 saturated carbocycles. The molecule has 1 atom stereocenters. The summed E-state index contributed by atoms with van der Waals surface area (Å²) in [5, 5.41) is 14.2. The van der Waals surface area contributed by atoms with Gasteiger partial charge in [0.1, 0.15) is 0 Å². The van der Waals surface area contributed by atoms with E-state index in [0.717, 1.165) is 36.9 Å².